The molecule has 0 spiro atoms. The van der Waals surface area contributed by atoms with Gasteiger partial charge in [0.15, 0.2) is 11.0 Å². The number of aromatic nitrogens is 3. The van der Waals surface area contributed by atoms with E-state index in [-0.39, 0.29) is 18.3 Å². The van der Waals surface area contributed by atoms with Crippen LogP contribution in [-0.2, 0) is 18.4 Å². The Hall–Kier alpha value is -3.03. The predicted molar refractivity (Wildman–Crippen MR) is 107 cm³/mol. The summed E-state index contributed by atoms with van der Waals surface area (Å²) >= 11 is 2.58. The molecular weight excluding hydrogens is 398 g/mol. The largest absolute Gasteiger partial charge is 0.497 e. The fourth-order valence-corrected chi connectivity index (χ4v) is 3.69. The van der Waals surface area contributed by atoms with Crippen molar-refractivity contribution in [2.75, 3.05) is 18.2 Å². The van der Waals surface area contributed by atoms with Gasteiger partial charge in [-0.3, -0.25) is 4.79 Å². The van der Waals surface area contributed by atoms with Gasteiger partial charge < -0.3 is 19.4 Å². The Labute approximate surface area is 170 Å². The van der Waals surface area contributed by atoms with Crippen LogP contribution >= 0.6 is 23.1 Å². The van der Waals surface area contributed by atoms with Crippen LogP contribution in [0.4, 0.5) is 5.00 Å². The van der Waals surface area contributed by atoms with Gasteiger partial charge >= 0.3 is 0 Å². The lowest BCUT2D eigenvalue weighted by molar-refractivity contribution is -0.113. The highest BCUT2D eigenvalue weighted by molar-refractivity contribution is 7.99. The van der Waals surface area contributed by atoms with Gasteiger partial charge in [-0.2, -0.15) is 5.26 Å². The number of methoxy groups -OCH3 is 1. The molecule has 1 N–H and O–H groups in total. The summed E-state index contributed by atoms with van der Waals surface area (Å²) in [5.74, 6) is 2.05. The SMILES string of the molecule is COc1ccc(OCc2nnc(SCC(=O)Nc3sccc3C#N)n2C)cc1. The molecule has 0 aliphatic rings. The molecule has 1 aromatic carbocycles. The Morgan fingerprint density at radius 2 is 2.04 bits per heavy atom. The second-order valence-corrected chi connectivity index (χ2v) is 7.39. The van der Waals surface area contributed by atoms with E-state index in [1.807, 2.05) is 37.4 Å². The molecule has 0 saturated carbocycles. The van der Waals surface area contributed by atoms with Crippen LogP contribution in [0.15, 0.2) is 40.9 Å². The maximum absolute atomic E-state index is 12.1. The lowest BCUT2D eigenvalue weighted by atomic mass is 10.3. The van der Waals surface area contributed by atoms with Crippen LogP contribution in [0, 0.1) is 11.3 Å². The van der Waals surface area contributed by atoms with Gasteiger partial charge in [0.25, 0.3) is 0 Å². The Bertz CT molecular complexity index is 992. The number of nitrogens with zero attached hydrogens (tertiary/aromatic N) is 4. The number of carbonyl (C=O) groups is 1. The van der Waals surface area contributed by atoms with E-state index < -0.39 is 0 Å². The average molecular weight is 416 g/mol. The standard InChI is InChI=1S/C18H17N5O3S2/c1-23-15(10-26-14-5-3-13(25-2)4-6-14)21-22-18(23)28-11-16(24)20-17-12(9-19)7-8-27-17/h3-8H,10-11H2,1-2H3,(H,20,24). The number of benzene rings is 1. The van der Waals surface area contributed by atoms with Crippen LogP contribution in [0.1, 0.15) is 11.4 Å². The maximum Gasteiger partial charge on any atom is 0.235 e. The highest BCUT2D eigenvalue weighted by Gasteiger charge is 2.13. The topological polar surface area (TPSA) is 102 Å². The molecule has 0 atom stereocenters. The number of nitriles is 1. The molecule has 1 amide bonds. The molecule has 0 saturated heterocycles. The third kappa shape index (κ3) is 4.82. The predicted octanol–water partition coefficient (Wildman–Crippen LogP) is 3.07. The number of anilines is 1. The third-order valence-electron chi connectivity index (χ3n) is 3.72. The van der Waals surface area contributed by atoms with E-state index in [0.29, 0.717) is 27.3 Å². The zero-order valence-corrected chi connectivity index (χ0v) is 16.8. The van der Waals surface area contributed by atoms with E-state index in [4.69, 9.17) is 14.7 Å². The van der Waals surface area contributed by atoms with Crippen LogP contribution in [-0.4, -0.2) is 33.5 Å². The molecule has 0 unspecified atom stereocenters. The first kappa shape index (κ1) is 19.7. The molecule has 2 heterocycles. The van der Waals surface area contributed by atoms with Gasteiger partial charge in [-0.25, -0.2) is 0 Å². The Kier molecular flexibility index (Phi) is 6.52. The summed E-state index contributed by atoms with van der Waals surface area (Å²) in [7, 11) is 3.43. The van der Waals surface area contributed by atoms with Crippen LogP contribution in [0.5, 0.6) is 11.5 Å². The smallest absolute Gasteiger partial charge is 0.235 e. The minimum Gasteiger partial charge on any atom is -0.497 e. The van der Waals surface area contributed by atoms with Crippen LogP contribution in [0.3, 0.4) is 0 Å². The van der Waals surface area contributed by atoms with Crippen molar-refractivity contribution in [3.8, 4) is 17.6 Å². The van der Waals surface area contributed by atoms with Gasteiger partial charge in [0.2, 0.25) is 5.91 Å². The number of ether oxygens (including phenoxy) is 2. The second kappa shape index (κ2) is 9.25. The maximum atomic E-state index is 12.1. The van der Waals surface area contributed by atoms with Crippen molar-refractivity contribution < 1.29 is 14.3 Å². The van der Waals surface area contributed by atoms with Gasteiger partial charge in [0, 0.05) is 7.05 Å². The zero-order valence-electron chi connectivity index (χ0n) is 15.2. The number of rotatable bonds is 8. The summed E-state index contributed by atoms with van der Waals surface area (Å²) in [4.78, 5) is 12.1. The monoisotopic (exact) mass is 415 g/mol. The molecule has 0 aliphatic heterocycles. The van der Waals surface area contributed by atoms with E-state index in [1.54, 1.807) is 23.1 Å². The van der Waals surface area contributed by atoms with Crippen molar-refractivity contribution >= 4 is 34.0 Å². The minimum atomic E-state index is -0.206. The Morgan fingerprint density at radius 1 is 1.29 bits per heavy atom. The number of carbonyl (C=O) groups excluding carboxylic acids is 1. The highest BCUT2D eigenvalue weighted by atomic mass is 32.2. The fourth-order valence-electron chi connectivity index (χ4n) is 2.20. The van der Waals surface area contributed by atoms with Crippen molar-refractivity contribution in [2.45, 2.75) is 11.8 Å². The van der Waals surface area contributed by atoms with Crippen LogP contribution in [0.2, 0.25) is 0 Å². The van der Waals surface area contributed by atoms with Gasteiger partial charge in [0.1, 0.15) is 29.2 Å². The molecule has 2 aromatic heterocycles. The lowest BCUT2D eigenvalue weighted by Crippen LogP contribution is -2.14. The van der Waals surface area contributed by atoms with Crippen LogP contribution < -0.4 is 14.8 Å². The van der Waals surface area contributed by atoms with Crippen LogP contribution in [0.25, 0.3) is 0 Å². The first-order valence-corrected chi connectivity index (χ1v) is 10.0. The minimum absolute atomic E-state index is 0.161. The zero-order chi connectivity index (χ0) is 19.9. The molecule has 3 rings (SSSR count). The molecule has 0 fully saturated rings. The second-order valence-electron chi connectivity index (χ2n) is 5.53. The summed E-state index contributed by atoms with van der Waals surface area (Å²) in [6, 6.07) is 11.0. The van der Waals surface area contributed by atoms with E-state index in [9.17, 15) is 4.79 Å². The molecule has 28 heavy (non-hydrogen) atoms. The molecule has 3 aromatic rings. The van der Waals surface area contributed by atoms with Gasteiger partial charge in [-0.1, -0.05) is 11.8 Å². The molecule has 0 aliphatic carbocycles. The molecule has 144 valence electrons. The number of thiophene rings is 1. The van der Waals surface area contributed by atoms with E-state index in [1.165, 1.54) is 23.1 Å². The average Bonchev–Trinajstić information content (AvgIpc) is 3.31. The molecule has 8 nitrogen and oxygen atoms in total. The van der Waals surface area contributed by atoms with E-state index >= 15 is 0 Å². The van der Waals surface area contributed by atoms with Gasteiger partial charge in [0.05, 0.1) is 18.4 Å². The van der Waals surface area contributed by atoms with Crippen molar-refractivity contribution in [2.24, 2.45) is 7.05 Å². The number of hydrogen-bond acceptors (Lipinski definition) is 8. The Balaban J connectivity index is 1.52. The summed E-state index contributed by atoms with van der Waals surface area (Å²) < 4.78 is 12.6. The van der Waals surface area contributed by atoms with Crippen molar-refractivity contribution in [3.05, 3.63) is 47.1 Å². The summed E-state index contributed by atoms with van der Waals surface area (Å²) in [6.45, 7) is 0.253. The van der Waals surface area contributed by atoms with E-state index in [2.05, 4.69) is 15.5 Å². The molecule has 0 bridgehead atoms. The normalized spacial score (nSPS) is 10.3. The van der Waals surface area contributed by atoms with Crippen molar-refractivity contribution in [1.29, 1.82) is 5.26 Å². The summed E-state index contributed by atoms with van der Waals surface area (Å²) in [5, 5.41) is 22.9. The lowest BCUT2D eigenvalue weighted by Gasteiger charge is -2.07. The third-order valence-corrected chi connectivity index (χ3v) is 5.57. The highest BCUT2D eigenvalue weighted by Crippen LogP contribution is 2.23. The first-order chi connectivity index (χ1) is 13.6. The number of amides is 1. The van der Waals surface area contributed by atoms with Gasteiger partial charge in [-0.05, 0) is 35.7 Å². The van der Waals surface area contributed by atoms with E-state index in [0.717, 1.165) is 5.75 Å². The molecule has 0 radical (unpaired) electrons. The molecular formula is C18H17N5O3S2. The Morgan fingerprint density at radius 3 is 2.75 bits per heavy atom. The number of hydrogen-bond donors (Lipinski definition) is 1. The van der Waals surface area contributed by atoms with Gasteiger partial charge in [-0.15, -0.1) is 21.5 Å². The fraction of sp³-hybridized carbons (Fsp3) is 0.222. The number of thioether (sulfide) groups is 1. The first-order valence-electron chi connectivity index (χ1n) is 8.16. The molecule has 10 heteroatoms. The van der Waals surface area contributed by atoms with Crippen molar-refractivity contribution in [1.82, 2.24) is 14.8 Å². The number of nitrogens with one attached hydrogen (secondary N) is 1. The quantitative estimate of drug-likeness (QED) is 0.564. The summed E-state index contributed by atoms with van der Waals surface area (Å²) in [5.41, 5.74) is 0.458. The summed E-state index contributed by atoms with van der Waals surface area (Å²) in [6.07, 6.45) is 0. The van der Waals surface area contributed by atoms with Crippen molar-refractivity contribution in [3.63, 3.8) is 0 Å².